The maximum Gasteiger partial charge on any atom is 0.331 e. The van der Waals surface area contributed by atoms with Crippen LogP contribution in [0.3, 0.4) is 0 Å². The summed E-state index contributed by atoms with van der Waals surface area (Å²) in [5, 5.41) is 0.361. The van der Waals surface area contributed by atoms with Gasteiger partial charge in [-0.2, -0.15) is 0 Å². The van der Waals surface area contributed by atoms with Crippen LogP contribution in [0.5, 0.6) is 11.5 Å². The third-order valence-corrected chi connectivity index (χ3v) is 4.86. The van der Waals surface area contributed by atoms with Crippen molar-refractivity contribution in [2.24, 2.45) is 0 Å². The molecule has 0 aliphatic carbocycles. The molecular formula is C24H28ClNO5. The van der Waals surface area contributed by atoms with Crippen LogP contribution in [0.1, 0.15) is 38.0 Å². The number of ether oxygens (including phenoxy) is 3. The Bertz CT molecular complexity index is 910. The highest BCUT2D eigenvalue weighted by Gasteiger charge is 2.27. The van der Waals surface area contributed by atoms with Gasteiger partial charge in [0.05, 0.1) is 18.7 Å². The third-order valence-electron chi connectivity index (χ3n) is 4.58. The van der Waals surface area contributed by atoms with Crippen molar-refractivity contribution in [3.8, 4) is 11.5 Å². The van der Waals surface area contributed by atoms with Crippen LogP contribution in [0.2, 0.25) is 5.02 Å². The summed E-state index contributed by atoms with van der Waals surface area (Å²) in [5.74, 6) is 0.00456. The highest BCUT2D eigenvalue weighted by atomic mass is 35.5. The average molecular weight is 446 g/mol. The number of nitrogens with zero attached hydrogens (tertiary/aromatic N) is 1. The number of esters is 1. The minimum Gasteiger partial charge on any atom is -0.491 e. The summed E-state index contributed by atoms with van der Waals surface area (Å²) in [5.41, 5.74) is 1.25. The van der Waals surface area contributed by atoms with Crippen molar-refractivity contribution in [2.75, 3.05) is 26.8 Å². The monoisotopic (exact) mass is 445 g/mol. The number of carbonyl (C=O) groups excluding carboxylic acids is 2. The predicted molar refractivity (Wildman–Crippen MR) is 121 cm³/mol. The van der Waals surface area contributed by atoms with Crippen molar-refractivity contribution < 1.29 is 23.8 Å². The van der Waals surface area contributed by atoms with E-state index in [2.05, 4.69) is 0 Å². The number of hydrogen-bond acceptors (Lipinski definition) is 5. The van der Waals surface area contributed by atoms with Crippen LogP contribution in [0.15, 0.2) is 48.5 Å². The summed E-state index contributed by atoms with van der Waals surface area (Å²) in [6.45, 7) is 7.11. The van der Waals surface area contributed by atoms with E-state index in [1.165, 1.54) is 13.2 Å². The first-order valence-electron chi connectivity index (χ1n) is 10.2. The Morgan fingerprint density at radius 3 is 2.35 bits per heavy atom. The summed E-state index contributed by atoms with van der Waals surface area (Å²) in [4.78, 5) is 27.1. The molecule has 0 saturated carbocycles. The molecule has 31 heavy (non-hydrogen) atoms. The van der Waals surface area contributed by atoms with Crippen molar-refractivity contribution >= 4 is 29.6 Å². The van der Waals surface area contributed by atoms with Crippen LogP contribution >= 0.6 is 11.6 Å². The van der Waals surface area contributed by atoms with Gasteiger partial charge < -0.3 is 19.1 Å². The fraction of sp³-hybridized carbons (Fsp3) is 0.333. The highest BCUT2D eigenvalue weighted by Crippen LogP contribution is 2.36. The van der Waals surface area contributed by atoms with E-state index in [0.717, 1.165) is 0 Å². The van der Waals surface area contributed by atoms with Gasteiger partial charge in [0.1, 0.15) is 0 Å². The van der Waals surface area contributed by atoms with E-state index in [1.54, 1.807) is 47.4 Å². The second-order valence-corrected chi connectivity index (χ2v) is 6.95. The number of hydrogen-bond donors (Lipinski definition) is 0. The minimum atomic E-state index is -1.02. The van der Waals surface area contributed by atoms with Crippen LogP contribution < -0.4 is 9.47 Å². The van der Waals surface area contributed by atoms with Gasteiger partial charge in [0, 0.05) is 24.7 Å². The number of rotatable bonds is 10. The predicted octanol–water partition coefficient (Wildman–Crippen LogP) is 4.91. The van der Waals surface area contributed by atoms with E-state index < -0.39 is 12.1 Å². The Labute approximate surface area is 188 Å². The van der Waals surface area contributed by atoms with Gasteiger partial charge in [-0.05, 0) is 44.5 Å². The number of amides is 1. The van der Waals surface area contributed by atoms with Gasteiger partial charge in [0.15, 0.2) is 11.5 Å². The molecular weight excluding hydrogens is 418 g/mol. The lowest BCUT2D eigenvalue weighted by atomic mass is 10.1. The van der Waals surface area contributed by atoms with Gasteiger partial charge in [-0.3, -0.25) is 4.79 Å². The second-order valence-electron chi connectivity index (χ2n) is 6.54. The summed E-state index contributed by atoms with van der Waals surface area (Å²) >= 11 is 6.25. The van der Waals surface area contributed by atoms with Gasteiger partial charge in [-0.15, -0.1) is 0 Å². The summed E-state index contributed by atoms with van der Waals surface area (Å²) in [6.07, 6.45) is 1.80. The standard InChI is InChI=1S/C24H28ClNO5/c1-5-26(6-2)24(28)22(18-11-9-8-10-12-18)31-21(27)14-13-17-15-19(25)23(29-4)20(16-17)30-7-3/h8-16,22H,5-7H2,1-4H3/b14-13+. The zero-order valence-corrected chi connectivity index (χ0v) is 19.0. The Morgan fingerprint density at radius 1 is 1.10 bits per heavy atom. The molecule has 1 atom stereocenters. The number of likely N-dealkylation sites (N-methyl/N-ethyl adjacent to an activating group) is 1. The molecule has 0 spiro atoms. The molecule has 0 aromatic heterocycles. The van der Waals surface area contributed by atoms with Gasteiger partial charge in [0.25, 0.3) is 5.91 Å². The molecule has 0 fully saturated rings. The summed E-state index contributed by atoms with van der Waals surface area (Å²) in [7, 11) is 1.51. The molecule has 166 valence electrons. The molecule has 7 heteroatoms. The molecule has 1 unspecified atom stereocenters. The Balaban J connectivity index is 2.24. The molecule has 0 heterocycles. The molecule has 2 aromatic carbocycles. The number of methoxy groups -OCH3 is 1. The van der Waals surface area contributed by atoms with Crippen molar-refractivity contribution in [2.45, 2.75) is 26.9 Å². The van der Waals surface area contributed by atoms with Gasteiger partial charge >= 0.3 is 5.97 Å². The van der Waals surface area contributed by atoms with Gasteiger partial charge in [-0.1, -0.05) is 41.9 Å². The smallest absolute Gasteiger partial charge is 0.331 e. The maximum atomic E-state index is 12.9. The molecule has 0 saturated heterocycles. The van der Waals surface area contributed by atoms with Crippen LogP contribution in [0, 0.1) is 0 Å². The summed E-state index contributed by atoms with van der Waals surface area (Å²) in [6, 6.07) is 12.3. The van der Waals surface area contributed by atoms with Crippen LogP contribution in [0.25, 0.3) is 6.08 Å². The number of benzene rings is 2. The molecule has 6 nitrogen and oxygen atoms in total. The first-order valence-corrected chi connectivity index (χ1v) is 10.6. The van der Waals surface area contributed by atoms with Crippen molar-refractivity contribution in [1.82, 2.24) is 4.90 Å². The van der Waals surface area contributed by atoms with E-state index in [4.69, 9.17) is 25.8 Å². The van der Waals surface area contributed by atoms with Crippen molar-refractivity contribution in [3.05, 3.63) is 64.7 Å². The average Bonchev–Trinajstić information content (AvgIpc) is 2.77. The van der Waals surface area contributed by atoms with Crippen LogP contribution in [-0.2, 0) is 14.3 Å². The molecule has 2 aromatic rings. The molecule has 0 N–H and O–H groups in total. The van der Waals surface area contributed by atoms with Crippen molar-refractivity contribution in [1.29, 1.82) is 0 Å². The lowest BCUT2D eigenvalue weighted by Crippen LogP contribution is -2.36. The SMILES string of the molecule is CCOc1cc(/C=C/C(=O)OC(C(=O)N(CC)CC)c2ccccc2)cc(Cl)c1OC. The minimum absolute atomic E-state index is 0.260. The Morgan fingerprint density at radius 2 is 1.77 bits per heavy atom. The van der Waals surface area contributed by atoms with Gasteiger partial charge in [0.2, 0.25) is 6.10 Å². The fourth-order valence-electron chi connectivity index (χ4n) is 3.05. The van der Waals surface area contributed by atoms with E-state index in [-0.39, 0.29) is 5.91 Å². The molecule has 0 aliphatic heterocycles. The number of carbonyl (C=O) groups is 2. The largest absolute Gasteiger partial charge is 0.491 e. The maximum absolute atomic E-state index is 12.9. The Kier molecular flexibility index (Phi) is 9.40. The van der Waals surface area contributed by atoms with E-state index in [9.17, 15) is 9.59 Å². The molecule has 0 bridgehead atoms. The van der Waals surface area contributed by atoms with E-state index >= 15 is 0 Å². The first kappa shape index (κ1) is 24.3. The first-order chi connectivity index (χ1) is 14.9. The molecule has 0 radical (unpaired) electrons. The zero-order valence-electron chi connectivity index (χ0n) is 18.3. The van der Waals surface area contributed by atoms with Crippen LogP contribution in [0.4, 0.5) is 0 Å². The van der Waals surface area contributed by atoms with Crippen molar-refractivity contribution in [3.63, 3.8) is 0 Å². The lowest BCUT2D eigenvalue weighted by Gasteiger charge is -2.25. The highest BCUT2D eigenvalue weighted by molar-refractivity contribution is 6.32. The molecule has 1 amide bonds. The van der Waals surface area contributed by atoms with E-state index in [1.807, 2.05) is 26.8 Å². The zero-order chi connectivity index (χ0) is 22.8. The Hall–Kier alpha value is -2.99. The normalized spacial score (nSPS) is 11.8. The fourth-order valence-corrected chi connectivity index (χ4v) is 3.35. The topological polar surface area (TPSA) is 65.1 Å². The second kappa shape index (κ2) is 12.0. The quantitative estimate of drug-likeness (QED) is 0.384. The summed E-state index contributed by atoms with van der Waals surface area (Å²) < 4.78 is 16.4. The lowest BCUT2D eigenvalue weighted by molar-refractivity contribution is -0.157. The molecule has 2 rings (SSSR count). The van der Waals surface area contributed by atoms with Gasteiger partial charge in [-0.25, -0.2) is 4.79 Å². The van der Waals surface area contributed by atoms with Crippen LogP contribution in [-0.4, -0.2) is 43.6 Å². The number of halogens is 1. The third kappa shape index (κ3) is 6.49. The molecule has 0 aliphatic rings. The van der Waals surface area contributed by atoms with E-state index in [0.29, 0.717) is 47.3 Å².